The van der Waals surface area contributed by atoms with E-state index in [1.54, 1.807) is 6.07 Å². The van der Waals surface area contributed by atoms with E-state index in [1.807, 2.05) is 6.07 Å². The molecule has 1 aromatic heterocycles. The van der Waals surface area contributed by atoms with Crippen LogP contribution >= 0.6 is 11.3 Å². The second kappa shape index (κ2) is 3.61. The largest absolute Gasteiger partial charge is 0.477 e. The maximum Gasteiger partial charge on any atom is 0.345 e. The van der Waals surface area contributed by atoms with Gasteiger partial charge in [0.1, 0.15) is 4.88 Å². The Morgan fingerprint density at radius 3 is 2.93 bits per heavy atom. The van der Waals surface area contributed by atoms with Crippen molar-refractivity contribution in [3.8, 4) is 0 Å². The van der Waals surface area contributed by atoms with Crippen LogP contribution < -0.4 is 4.90 Å². The Bertz CT molecular complexity index is 348. The highest BCUT2D eigenvalue weighted by Crippen LogP contribution is 2.31. The highest BCUT2D eigenvalue weighted by atomic mass is 32.1. The minimum atomic E-state index is -0.826. The molecule has 1 aliphatic rings. The Morgan fingerprint density at radius 2 is 2.43 bits per heavy atom. The lowest BCUT2D eigenvalue weighted by Gasteiger charge is -2.21. The van der Waals surface area contributed by atoms with Crippen LogP contribution in [-0.2, 0) is 0 Å². The van der Waals surface area contributed by atoms with Crippen LogP contribution in [0.3, 0.4) is 0 Å². The third-order valence-electron chi connectivity index (χ3n) is 2.64. The van der Waals surface area contributed by atoms with Gasteiger partial charge in [-0.3, -0.25) is 0 Å². The zero-order valence-corrected chi connectivity index (χ0v) is 8.88. The zero-order valence-electron chi connectivity index (χ0n) is 8.06. The number of hydrogen-bond acceptors (Lipinski definition) is 3. The van der Waals surface area contributed by atoms with Gasteiger partial charge in [0.25, 0.3) is 0 Å². The van der Waals surface area contributed by atoms with Crippen LogP contribution in [0.25, 0.3) is 0 Å². The molecule has 1 unspecified atom stereocenters. The van der Waals surface area contributed by atoms with Crippen LogP contribution in [0.5, 0.6) is 0 Å². The molecule has 0 amide bonds. The van der Waals surface area contributed by atoms with Gasteiger partial charge in [-0.1, -0.05) is 0 Å². The first-order valence-corrected chi connectivity index (χ1v) is 5.60. The van der Waals surface area contributed by atoms with Crippen LogP contribution in [0.1, 0.15) is 29.4 Å². The molecule has 1 aromatic rings. The molecule has 76 valence electrons. The van der Waals surface area contributed by atoms with E-state index in [9.17, 15) is 4.79 Å². The molecule has 1 aliphatic heterocycles. The molecule has 0 saturated carbocycles. The maximum atomic E-state index is 10.7. The van der Waals surface area contributed by atoms with E-state index in [0.29, 0.717) is 10.9 Å². The van der Waals surface area contributed by atoms with Crippen molar-refractivity contribution in [1.29, 1.82) is 0 Å². The van der Waals surface area contributed by atoms with Crippen LogP contribution in [0, 0.1) is 0 Å². The molecule has 0 aromatic carbocycles. The summed E-state index contributed by atoms with van der Waals surface area (Å²) in [5.74, 6) is -0.826. The fourth-order valence-electron chi connectivity index (χ4n) is 1.86. The fraction of sp³-hybridized carbons (Fsp3) is 0.500. The number of aromatic carboxylic acids is 1. The van der Waals surface area contributed by atoms with E-state index in [2.05, 4.69) is 11.8 Å². The molecule has 1 atom stereocenters. The molecule has 0 radical (unpaired) electrons. The van der Waals surface area contributed by atoms with Crippen molar-refractivity contribution >= 4 is 22.3 Å². The number of carboxylic acid groups (broad SMARTS) is 1. The summed E-state index contributed by atoms with van der Waals surface area (Å²) in [5.41, 5.74) is 0. The fourth-order valence-corrected chi connectivity index (χ4v) is 2.83. The van der Waals surface area contributed by atoms with Crippen LogP contribution in [0.2, 0.25) is 0 Å². The molecule has 3 nitrogen and oxygen atoms in total. The second-order valence-corrected chi connectivity index (χ2v) is 4.69. The third kappa shape index (κ3) is 1.62. The van der Waals surface area contributed by atoms with Crippen molar-refractivity contribution in [3.63, 3.8) is 0 Å². The van der Waals surface area contributed by atoms with E-state index in [-0.39, 0.29) is 0 Å². The lowest BCUT2D eigenvalue weighted by molar-refractivity contribution is 0.0702. The van der Waals surface area contributed by atoms with Gasteiger partial charge in [-0.2, -0.15) is 0 Å². The summed E-state index contributed by atoms with van der Waals surface area (Å²) >= 11 is 1.37. The molecule has 0 spiro atoms. The molecule has 0 aliphatic carbocycles. The van der Waals surface area contributed by atoms with Gasteiger partial charge in [-0.25, -0.2) is 4.79 Å². The van der Waals surface area contributed by atoms with E-state index in [1.165, 1.54) is 24.2 Å². The predicted molar refractivity (Wildman–Crippen MR) is 57.3 cm³/mol. The molecule has 0 bridgehead atoms. The molecule has 1 fully saturated rings. The number of carboxylic acids is 1. The molecule has 4 heteroatoms. The molecule has 2 rings (SSSR count). The summed E-state index contributed by atoms with van der Waals surface area (Å²) in [5, 5.41) is 9.89. The second-order valence-electron chi connectivity index (χ2n) is 3.63. The van der Waals surface area contributed by atoms with Gasteiger partial charge in [0, 0.05) is 12.6 Å². The minimum Gasteiger partial charge on any atom is -0.477 e. The Balaban J connectivity index is 2.20. The number of thiophene rings is 1. The Morgan fingerprint density at radius 1 is 1.64 bits per heavy atom. The van der Waals surface area contributed by atoms with E-state index < -0.39 is 5.97 Å². The van der Waals surface area contributed by atoms with Crippen molar-refractivity contribution in [3.05, 3.63) is 17.0 Å². The third-order valence-corrected chi connectivity index (χ3v) is 3.75. The van der Waals surface area contributed by atoms with E-state index in [4.69, 9.17) is 5.11 Å². The molecular formula is C10H13NO2S. The van der Waals surface area contributed by atoms with Gasteiger partial charge in [0.15, 0.2) is 0 Å². The first-order chi connectivity index (χ1) is 6.68. The number of rotatable bonds is 2. The van der Waals surface area contributed by atoms with Crippen molar-refractivity contribution in [2.75, 3.05) is 11.4 Å². The number of nitrogens with zero attached hydrogens (tertiary/aromatic N) is 1. The van der Waals surface area contributed by atoms with Gasteiger partial charge >= 0.3 is 5.97 Å². The average Bonchev–Trinajstić information content (AvgIpc) is 2.71. The smallest absolute Gasteiger partial charge is 0.345 e. The number of carbonyl (C=O) groups is 1. The highest BCUT2D eigenvalue weighted by molar-refractivity contribution is 7.17. The van der Waals surface area contributed by atoms with Gasteiger partial charge < -0.3 is 10.0 Å². The van der Waals surface area contributed by atoms with Crippen LogP contribution in [-0.4, -0.2) is 23.7 Å². The standard InChI is InChI=1S/C10H13NO2S/c1-7-3-2-6-11(7)9-5-4-8(14-9)10(12)13/h4-5,7H,2-3,6H2,1H3,(H,12,13). The maximum absolute atomic E-state index is 10.7. The topological polar surface area (TPSA) is 40.5 Å². The average molecular weight is 211 g/mol. The SMILES string of the molecule is CC1CCCN1c1ccc(C(=O)O)s1. The first-order valence-electron chi connectivity index (χ1n) is 4.78. The number of anilines is 1. The molecule has 1 saturated heterocycles. The molecular weight excluding hydrogens is 198 g/mol. The van der Waals surface area contributed by atoms with E-state index in [0.717, 1.165) is 11.5 Å². The monoisotopic (exact) mass is 211 g/mol. The van der Waals surface area contributed by atoms with Gasteiger partial charge in [-0.15, -0.1) is 11.3 Å². The van der Waals surface area contributed by atoms with Gasteiger partial charge in [0.05, 0.1) is 5.00 Å². The zero-order chi connectivity index (χ0) is 10.1. The molecule has 2 heterocycles. The molecule has 14 heavy (non-hydrogen) atoms. The highest BCUT2D eigenvalue weighted by Gasteiger charge is 2.22. The van der Waals surface area contributed by atoms with Crippen LogP contribution in [0.4, 0.5) is 5.00 Å². The van der Waals surface area contributed by atoms with E-state index >= 15 is 0 Å². The Kier molecular flexibility index (Phi) is 2.46. The lowest BCUT2D eigenvalue weighted by atomic mass is 10.2. The quantitative estimate of drug-likeness (QED) is 0.816. The Labute approximate surface area is 87.0 Å². The minimum absolute atomic E-state index is 0.430. The number of hydrogen-bond donors (Lipinski definition) is 1. The van der Waals surface area contributed by atoms with Crippen LogP contribution in [0.15, 0.2) is 12.1 Å². The van der Waals surface area contributed by atoms with Gasteiger partial charge in [0.2, 0.25) is 0 Å². The summed E-state index contributed by atoms with van der Waals surface area (Å²) in [4.78, 5) is 13.4. The van der Waals surface area contributed by atoms with Gasteiger partial charge in [-0.05, 0) is 31.9 Å². The summed E-state index contributed by atoms with van der Waals surface area (Å²) < 4.78 is 0. The van der Waals surface area contributed by atoms with Crippen molar-refractivity contribution in [1.82, 2.24) is 0 Å². The first kappa shape index (κ1) is 9.52. The summed E-state index contributed by atoms with van der Waals surface area (Å²) in [6.45, 7) is 3.24. The predicted octanol–water partition coefficient (Wildman–Crippen LogP) is 2.44. The lowest BCUT2D eigenvalue weighted by Crippen LogP contribution is -2.25. The summed E-state index contributed by atoms with van der Waals surface area (Å²) in [6.07, 6.45) is 2.42. The van der Waals surface area contributed by atoms with Crippen molar-refractivity contribution in [2.45, 2.75) is 25.8 Å². The normalized spacial score (nSPS) is 21.5. The molecule has 1 N–H and O–H groups in total. The van der Waals surface area contributed by atoms with Crippen molar-refractivity contribution in [2.24, 2.45) is 0 Å². The summed E-state index contributed by atoms with van der Waals surface area (Å²) in [7, 11) is 0. The summed E-state index contributed by atoms with van der Waals surface area (Å²) in [6, 6.07) is 4.15. The Hall–Kier alpha value is -1.03. The van der Waals surface area contributed by atoms with Crippen molar-refractivity contribution < 1.29 is 9.90 Å².